The summed E-state index contributed by atoms with van der Waals surface area (Å²) in [6.07, 6.45) is 4.11. The highest BCUT2D eigenvalue weighted by Gasteiger charge is 2.22. The number of likely N-dealkylation sites (tertiary alicyclic amines) is 1. The molecule has 1 saturated heterocycles. The molecule has 1 aromatic heterocycles. The second-order valence-corrected chi connectivity index (χ2v) is 4.89. The first-order valence-electron chi connectivity index (χ1n) is 6.71. The SMILES string of the molecule is N#CC(C#N)=C(c1c[nH]c2ccccc12)N1CCCC1. The van der Waals surface area contributed by atoms with Gasteiger partial charge in [0.2, 0.25) is 0 Å². The summed E-state index contributed by atoms with van der Waals surface area (Å²) in [5.74, 6) is 0. The number of benzene rings is 1. The number of hydrogen-bond acceptors (Lipinski definition) is 3. The van der Waals surface area contributed by atoms with Crippen LogP contribution in [0.1, 0.15) is 18.4 Å². The lowest BCUT2D eigenvalue weighted by Crippen LogP contribution is -2.18. The molecule has 0 radical (unpaired) electrons. The third-order valence-electron chi connectivity index (χ3n) is 3.73. The van der Waals surface area contributed by atoms with Crippen molar-refractivity contribution in [3.63, 3.8) is 0 Å². The number of para-hydroxylation sites is 1. The Hall–Kier alpha value is -2.72. The molecule has 0 spiro atoms. The molecule has 0 aliphatic carbocycles. The number of nitrogens with zero attached hydrogens (tertiary/aromatic N) is 3. The first-order valence-corrected chi connectivity index (χ1v) is 6.71. The molecule has 0 atom stereocenters. The Morgan fingerprint density at radius 2 is 1.80 bits per heavy atom. The van der Waals surface area contributed by atoms with Crippen molar-refractivity contribution in [2.75, 3.05) is 13.1 Å². The van der Waals surface area contributed by atoms with Gasteiger partial charge in [-0.3, -0.25) is 0 Å². The third kappa shape index (κ3) is 1.92. The molecule has 1 aliphatic rings. The number of hydrogen-bond donors (Lipinski definition) is 1. The van der Waals surface area contributed by atoms with Gasteiger partial charge in [0.05, 0.1) is 5.70 Å². The van der Waals surface area contributed by atoms with Crippen LogP contribution in [0.3, 0.4) is 0 Å². The van der Waals surface area contributed by atoms with E-state index in [0.29, 0.717) is 0 Å². The molecule has 0 bridgehead atoms. The van der Waals surface area contributed by atoms with E-state index >= 15 is 0 Å². The van der Waals surface area contributed by atoms with Gasteiger partial charge in [0.1, 0.15) is 12.1 Å². The van der Waals surface area contributed by atoms with Crippen LogP contribution in [0.4, 0.5) is 0 Å². The molecule has 1 N–H and O–H groups in total. The van der Waals surface area contributed by atoms with E-state index in [0.717, 1.165) is 48.1 Å². The van der Waals surface area contributed by atoms with Gasteiger partial charge in [-0.2, -0.15) is 10.5 Å². The number of rotatable bonds is 2. The molecule has 0 amide bonds. The van der Waals surface area contributed by atoms with E-state index < -0.39 is 0 Å². The predicted molar refractivity (Wildman–Crippen MR) is 77.3 cm³/mol. The topological polar surface area (TPSA) is 66.6 Å². The minimum Gasteiger partial charge on any atom is -0.369 e. The summed E-state index contributed by atoms with van der Waals surface area (Å²) in [7, 11) is 0. The Morgan fingerprint density at radius 1 is 1.10 bits per heavy atom. The van der Waals surface area contributed by atoms with Gasteiger partial charge >= 0.3 is 0 Å². The number of fused-ring (bicyclic) bond motifs is 1. The molecule has 20 heavy (non-hydrogen) atoms. The molecule has 2 aromatic rings. The first-order chi connectivity index (χ1) is 9.85. The molecular formula is C16H14N4. The minimum atomic E-state index is 0.191. The fourth-order valence-electron chi connectivity index (χ4n) is 2.80. The summed E-state index contributed by atoms with van der Waals surface area (Å²) >= 11 is 0. The first kappa shape index (κ1) is 12.3. The molecule has 1 aromatic carbocycles. The van der Waals surface area contributed by atoms with Crippen molar-refractivity contribution in [3.8, 4) is 12.1 Å². The predicted octanol–water partition coefficient (Wildman–Crippen LogP) is 3.02. The Kier molecular flexibility index (Phi) is 3.15. The highest BCUT2D eigenvalue weighted by Crippen LogP contribution is 2.31. The summed E-state index contributed by atoms with van der Waals surface area (Å²) in [4.78, 5) is 5.37. The lowest BCUT2D eigenvalue weighted by atomic mass is 10.1. The van der Waals surface area contributed by atoms with Gasteiger partial charge in [-0.15, -0.1) is 0 Å². The maximum atomic E-state index is 9.26. The zero-order valence-electron chi connectivity index (χ0n) is 11.1. The molecule has 98 valence electrons. The van der Waals surface area contributed by atoms with Crippen LogP contribution >= 0.6 is 0 Å². The van der Waals surface area contributed by atoms with Crippen molar-refractivity contribution in [3.05, 3.63) is 41.6 Å². The fourth-order valence-corrected chi connectivity index (χ4v) is 2.80. The smallest absolute Gasteiger partial charge is 0.153 e. The lowest BCUT2D eigenvalue weighted by molar-refractivity contribution is 0.492. The molecule has 1 fully saturated rings. The number of H-pyrrole nitrogens is 1. The van der Waals surface area contributed by atoms with Crippen molar-refractivity contribution in [1.82, 2.24) is 9.88 Å². The van der Waals surface area contributed by atoms with Gasteiger partial charge in [0.15, 0.2) is 5.57 Å². The van der Waals surface area contributed by atoms with E-state index in [1.165, 1.54) is 0 Å². The van der Waals surface area contributed by atoms with Crippen molar-refractivity contribution < 1.29 is 0 Å². The van der Waals surface area contributed by atoms with E-state index in [2.05, 4.69) is 9.88 Å². The van der Waals surface area contributed by atoms with Crippen LogP contribution in [-0.4, -0.2) is 23.0 Å². The van der Waals surface area contributed by atoms with Gasteiger partial charge in [0, 0.05) is 35.8 Å². The van der Waals surface area contributed by atoms with E-state index in [9.17, 15) is 10.5 Å². The normalized spacial score (nSPS) is 14.0. The Balaban J connectivity index is 2.23. The highest BCUT2D eigenvalue weighted by atomic mass is 15.2. The Labute approximate surface area is 117 Å². The van der Waals surface area contributed by atoms with Crippen LogP contribution < -0.4 is 0 Å². The Morgan fingerprint density at radius 3 is 2.50 bits per heavy atom. The minimum absolute atomic E-state index is 0.191. The summed E-state index contributed by atoms with van der Waals surface area (Å²) in [6.45, 7) is 1.81. The van der Waals surface area contributed by atoms with Crippen LogP contribution in [0.5, 0.6) is 0 Å². The molecule has 4 heteroatoms. The molecule has 0 unspecified atom stereocenters. The largest absolute Gasteiger partial charge is 0.369 e. The maximum Gasteiger partial charge on any atom is 0.153 e. The van der Waals surface area contributed by atoms with Gasteiger partial charge in [-0.05, 0) is 18.9 Å². The standard InChI is InChI=1S/C16H14N4/c17-9-12(10-18)16(20-7-3-4-8-20)14-11-19-15-6-2-1-5-13(14)15/h1-2,5-6,11,19H,3-4,7-8H2. The number of aromatic amines is 1. The maximum absolute atomic E-state index is 9.26. The van der Waals surface area contributed by atoms with Crippen molar-refractivity contribution in [1.29, 1.82) is 10.5 Å². The fraction of sp³-hybridized carbons (Fsp3) is 0.250. The zero-order valence-corrected chi connectivity index (χ0v) is 11.1. The number of nitriles is 2. The van der Waals surface area contributed by atoms with Gasteiger partial charge < -0.3 is 9.88 Å². The molecular weight excluding hydrogens is 248 g/mol. The van der Waals surface area contributed by atoms with Crippen LogP contribution in [0.15, 0.2) is 36.0 Å². The van der Waals surface area contributed by atoms with Crippen LogP contribution in [0, 0.1) is 22.7 Å². The second kappa shape index (κ2) is 5.11. The lowest BCUT2D eigenvalue weighted by Gasteiger charge is -2.21. The van der Waals surface area contributed by atoms with Crippen molar-refractivity contribution >= 4 is 16.6 Å². The molecule has 4 nitrogen and oxygen atoms in total. The van der Waals surface area contributed by atoms with E-state index in [4.69, 9.17) is 0 Å². The third-order valence-corrected chi connectivity index (χ3v) is 3.73. The summed E-state index contributed by atoms with van der Waals surface area (Å²) < 4.78 is 0. The van der Waals surface area contributed by atoms with E-state index in [1.54, 1.807) is 0 Å². The number of nitrogens with one attached hydrogen (secondary N) is 1. The number of aromatic nitrogens is 1. The average Bonchev–Trinajstić information content (AvgIpc) is 3.14. The van der Waals surface area contributed by atoms with Crippen LogP contribution in [0.25, 0.3) is 16.6 Å². The van der Waals surface area contributed by atoms with Crippen molar-refractivity contribution in [2.45, 2.75) is 12.8 Å². The van der Waals surface area contributed by atoms with Crippen molar-refractivity contribution in [2.24, 2.45) is 0 Å². The average molecular weight is 262 g/mol. The highest BCUT2D eigenvalue weighted by molar-refractivity contribution is 5.94. The Bertz CT molecular complexity index is 733. The van der Waals surface area contributed by atoms with E-state index in [-0.39, 0.29) is 5.57 Å². The monoisotopic (exact) mass is 262 g/mol. The second-order valence-electron chi connectivity index (χ2n) is 4.89. The molecule has 1 aliphatic heterocycles. The van der Waals surface area contributed by atoms with E-state index in [1.807, 2.05) is 42.6 Å². The zero-order chi connectivity index (χ0) is 13.9. The summed E-state index contributed by atoms with van der Waals surface area (Å²) in [5.41, 5.74) is 2.93. The van der Waals surface area contributed by atoms with Gasteiger partial charge in [-0.25, -0.2) is 0 Å². The molecule has 0 saturated carbocycles. The molecule has 3 rings (SSSR count). The van der Waals surface area contributed by atoms with Gasteiger partial charge in [0.25, 0.3) is 0 Å². The summed E-state index contributed by atoms with van der Waals surface area (Å²) in [5, 5.41) is 19.6. The molecule has 2 heterocycles. The van der Waals surface area contributed by atoms with Crippen LogP contribution in [0.2, 0.25) is 0 Å². The summed E-state index contributed by atoms with van der Waals surface area (Å²) in [6, 6.07) is 12.0. The van der Waals surface area contributed by atoms with Gasteiger partial charge in [-0.1, -0.05) is 18.2 Å². The number of allylic oxidation sites excluding steroid dienone is 1. The quantitative estimate of drug-likeness (QED) is 0.846. The van der Waals surface area contributed by atoms with Crippen LogP contribution in [-0.2, 0) is 0 Å².